The van der Waals surface area contributed by atoms with Gasteiger partial charge in [-0.1, -0.05) is 19.4 Å². The molecule has 3 aromatic rings. The van der Waals surface area contributed by atoms with E-state index in [1.807, 2.05) is 4.57 Å². The summed E-state index contributed by atoms with van der Waals surface area (Å²) in [6, 6.07) is 5.09. The molecule has 0 saturated carbocycles. The van der Waals surface area contributed by atoms with E-state index in [1.54, 1.807) is 31.3 Å². The fourth-order valence-corrected chi connectivity index (χ4v) is 3.34. The van der Waals surface area contributed by atoms with Gasteiger partial charge in [0.2, 0.25) is 11.7 Å². The van der Waals surface area contributed by atoms with Crippen molar-refractivity contribution in [2.45, 2.75) is 33.6 Å². The normalized spacial score (nSPS) is 13.0. The van der Waals surface area contributed by atoms with E-state index in [9.17, 15) is 22.8 Å². The Kier molecular flexibility index (Phi) is 9.90. The maximum Gasteiger partial charge on any atom is 0.490 e. The van der Waals surface area contributed by atoms with E-state index >= 15 is 0 Å². The molecule has 198 valence electrons. The number of anilines is 1. The number of piperazine rings is 1. The lowest BCUT2D eigenvalue weighted by Crippen LogP contribution is -2.44. The van der Waals surface area contributed by atoms with Gasteiger partial charge in [0.1, 0.15) is 23.3 Å². The molecular formula is C23H26F3N7O4. The van der Waals surface area contributed by atoms with Crippen LogP contribution in [0.1, 0.15) is 24.8 Å². The number of ketones is 1. The van der Waals surface area contributed by atoms with Crippen LogP contribution in [0.15, 0.2) is 35.4 Å². The number of rotatable bonds is 5. The van der Waals surface area contributed by atoms with Crippen LogP contribution in [0.3, 0.4) is 0 Å². The third-order valence-electron chi connectivity index (χ3n) is 5.03. The minimum Gasteiger partial charge on any atom is -0.475 e. The second-order valence-corrected chi connectivity index (χ2v) is 7.44. The number of halogens is 3. The number of hydrogen-bond acceptors (Lipinski definition) is 8. The van der Waals surface area contributed by atoms with E-state index < -0.39 is 12.1 Å². The van der Waals surface area contributed by atoms with Crippen molar-refractivity contribution in [2.75, 3.05) is 31.1 Å². The summed E-state index contributed by atoms with van der Waals surface area (Å²) in [6.45, 7) is 5.22. The van der Waals surface area contributed by atoms with E-state index in [4.69, 9.17) is 9.90 Å². The van der Waals surface area contributed by atoms with E-state index in [1.165, 1.54) is 10.9 Å². The molecule has 2 N–H and O–H groups in total. The van der Waals surface area contributed by atoms with Gasteiger partial charge in [-0.2, -0.15) is 18.3 Å². The summed E-state index contributed by atoms with van der Waals surface area (Å²) < 4.78 is 34.7. The number of carboxylic acid groups (broad SMARTS) is 1. The average Bonchev–Trinajstić information content (AvgIpc) is 3.24. The van der Waals surface area contributed by atoms with Crippen LogP contribution in [0.2, 0.25) is 0 Å². The fraction of sp³-hybridized carbons (Fsp3) is 0.391. The molecule has 0 aliphatic carbocycles. The Morgan fingerprint density at radius 2 is 1.89 bits per heavy atom. The molecule has 4 heterocycles. The van der Waals surface area contributed by atoms with Crippen LogP contribution in [0, 0.1) is 11.8 Å². The number of nitrogens with one attached hydrogen (secondary N) is 1. The summed E-state index contributed by atoms with van der Waals surface area (Å²) in [4.78, 5) is 45.4. The molecule has 11 nitrogen and oxygen atoms in total. The number of nitrogens with zero attached hydrogens (tertiary/aromatic N) is 6. The molecule has 1 saturated heterocycles. The third kappa shape index (κ3) is 7.14. The van der Waals surface area contributed by atoms with Crippen LogP contribution >= 0.6 is 0 Å². The first-order valence-electron chi connectivity index (χ1n) is 10.7. The summed E-state index contributed by atoms with van der Waals surface area (Å²) in [5.74, 6) is 3.57. The van der Waals surface area contributed by atoms with Crippen molar-refractivity contribution in [3.63, 3.8) is 0 Å². The summed E-state index contributed by atoms with van der Waals surface area (Å²) >= 11 is 0. The van der Waals surface area contributed by atoms with Crippen molar-refractivity contribution in [1.82, 2.24) is 29.6 Å². The Morgan fingerprint density at radius 3 is 2.46 bits per heavy atom. The van der Waals surface area contributed by atoms with Crippen molar-refractivity contribution < 1.29 is 27.9 Å². The van der Waals surface area contributed by atoms with E-state index in [-0.39, 0.29) is 25.3 Å². The Labute approximate surface area is 209 Å². The molecule has 0 amide bonds. The van der Waals surface area contributed by atoms with Crippen molar-refractivity contribution in [3.8, 4) is 11.8 Å². The molecule has 1 fully saturated rings. The quantitative estimate of drug-likeness (QED) is 0.379. The van der Waals surface area contributed by atoms with Gasteiger partial charge in [0.25, 0.3) is 5.56 Å². The average molecular weight is 522 g/mol. The highest BCUT2D eigenvalue weighted by Crippen LogP contribution is 2.20. The molecule has 0 spiro atoms. The molecule has 1 aliphatic rings. The molecular weight excluding hydrogens is 495 g/mol. The number of Topliss-reactive ketones (excluding diaryl/α,β-unsaturated/α-hetero) is 1. The van der Waals surface area contributed by atoms with Gasteiger partial charge >= 0.3 is 12.1 Å². The molecule has 0 atom stereocenters. The number of aliphatic carboxylic acids is 1. The maximum absolute atomic E-state index is 13.2. The maximum atomic E-state index is 13.2. The summed E-state index contributed by atoms with van der Waals surface area (Å²) in [5, 5.41) is 14.6. The van der Waals surface area contributed by atoms with Crippen LogP contribution in [-0.2, 0) is 17.9 Å². The van der Waals surface area contributed by atoms with Gasteiger partial charge < -0.3 is 15.3 Å². The van der Waals surface area contributed by atoms with Crippen molar-refractivity contribution >= 4 is 28.7 Å². The van der Waals surface area contributed by atoms with Crippen LogP contribution in [0.4, 0.5) is 19.1 Å². The number of alkyl halides is 3. The summed E-state index contributed by atoms with van der Waals surface area (Å²) in [7, 11) is 0. The van der Waals surface area contributed by atoms with E-state index in [0.717, 1.165) is 26.2 Å². The van der Waals surface area contributed by atoms with E-state index in [2.05, 4.69) is 37.1 Å². The molecule has 1 aliphatic heterocycles. The molecule has 3 aromatic heterocycles. The second-order valence-electron chi connectivity index (χ2n) is 7.44. The zero-order valence-electron chi connectivity index (χ0n) is 19.1. The molecule has 0 radical (unpaired) electrons. The molecule has 4 rings (SSSR count). The Hall–Kier alpha value is -4.25. The Morgan fingerprint density at radius 1 is 1.22 bits per heavy atom. The number of imidazole rings is 1. The van der Waals surface area contributed by atoms with Crippen LogP contribution in [0.25, 0.3) is 11.0 Å². The lowest BCUT2D eigenvalue weighted by molar-refractivity contribution is -0.192. The van der Waals surface area contributed by atoms with Gasteiger partial charge in [-0.3, -0.25) is 19.1 Å². The van der Waals surface area contributed by atoms with Crippen molar-refractivity contribution in [3.05, 3.63) is 46.6 Å². The Balaban J connectivity index is 0.000000532. The van der Waals surface area contributed by atoms with Gasteiger partial charge in [-0.25, -0.2) is 14.5 Å². The first-order valence-corrected chi connectivity index (χ1v) is 10.7. The number of pyridine rings is 1. The summed E-state index contributed by atoms with van der Waals surface area (Å²) in [5.41, 5.74) is 0.847. The van der Waals surface area contributed by atoms with Crippen LogP contribution in [0.5, 0.6) is 0 Å². The molecule has 37 heavy (non-hydrogen) atoms. The highest BCUT2D eigenvalue weighted by atomic mass is 19.4. The van der Waals surface area contributed by atoms with Crippen LogP contribution in [-0.4, -0.2) is 73.5 Å². The third-order valence-corrected chi connectivity index (χ3v) is 5.03. The first kappa shape index (κ1) is 29.0. The fourth-order valence-electron chi connectivity index (χ4n) is 3.34. The summed E-state index contributed by atoms with van der Waals surface area (Å²) in [6.07, 6.45) is -2.01. The van der Waals surface area contributed by atoms with Crippen molar-refractivity contribution in [2.24, 2.45) is 0 Å². The molecule has 0 unspecified atom stereocenters. The number of carbonyl (C=O) groups excluding carboxylic acids is 1. The lowest BCUT2D eigenvalue weighted by atomic mass is 10.2. The second kappa shape index (κ2) is 12.6. The van der Waals surface area contributed by atoms with Gasteiger partial charge in [0.05, 0.1) is 12.7 Å². The minimum absolute atomic E-state index is 0. The Bertz CT molecular complexity index is 1350. The number of aromatic nitrogens is 5. The molecule has 0 bridgehead atoms. The zero-order valence-corrected chi connectivity index (χ0v) is 19.1. The number of hydrogen-bond donors (Lipinski definition) is 2. The monoisotopic (exact) mass is 521 g/mol. The topological polar surface area (TPSA) is 135 Å². The highest BCUT2D eigenvalue weighted by Gasteiger charge is 2.38. The van der Waals surface area contributed by atoms with Gasteiger partial charge in [0, 0.05) is 32.4 Å². The van der Waals surface area contributed by atoms with E-state index in [0.29, 0.717) is 29.2 Å². The lowest BCUT2D eigenvalue weighted by Gasteiger charge is -2.28. The standard InChI is InChI=1S/C20H21N7O2.C2HF3O2.CH4/c1-2-3-10-26-18-16(24-20(26)25-11-8-21-9-12-25)13-23-27(19(18)29)14-17(28)15-6-4-5-7-22-15;3-2(4,5)1(6)7;/h4-7,13,21H,8-12,14H2,1H3;(H,6,7);1H4. The molecule has 14 heteroatoms. The number of fused-ring (bicyclic) bond motifs is 1. The molecule has 0 aromatic carbocycles. The van der Waals surface area contributed by atoms with Gasteiger partial charge in [0.15, 0.2) is 0 Å². The smallest absolute Gasteiger partial charge is 0.475 e. The largest absolute Gasteiger partial charge is 0.490 e. The first-order chi connectivity index (χ1) is 17.1. The number of carbonyl (C=O) groups is 2. The van der Waals surface area contributed by atoms with Gasteiger partial charge in [-0.15, -0.1) is 5.92 Å². The predicted molar refractivity (Wildman–Crippen MR) is 129 cm³/mol. The highest BCUT2D eigenvalue weighted by molar-refractivity contribution is 5.94. The van der Waals surface area contributed by atoms with Crippen LogP contribution < -0.4 is 15.8 Å². The van der Waals surface area contributed by atoms with Crippen molar-refractivity contribution in [1.29, 1.82) is 0 Å². The zero-order chi connectivity index (χ0) is 26.3. The minimum atomic E-state index is -5.08. The number of carboxylic acids is 1. The SMILES string of the molecule is C.CC#CCn1c(N2CCNCC2)nc2cnn(CC(=O)c3ccccn3)c(=O)c21.O=C(O)C(F)(F)F. The predicted octanol–water partition coefficient (Wildman–Crippen LogP) is 1.57. The van der Waals surface area contributed by atoms with Gasteiger partial charge in [-0.05, 0) is 19.1 Å².